The van der Waals surface area contributed by atoms with Crippen molar-refractivity contribution in [2.24, 2.45) is 0 Å². The van der Waals surface area contributed by atoms with Crippen LogP contribution in [0.2, 0.25) is 0 Å². The molecule has 0 aromatic heterocycles. The van der Waals surface area contributed by atoms with E-state index in [1.807, 2.05) is 0 Å². The van der Waals surface area contributed by atoms with E-state index in [2.05, 4.69) is 10.6 Å². The number of carboxylic acids is 1. The molecule has 3 amide bonds. The maximum Gasteiger partial charge on any atom is 0.305 e. The molecular formula is C22H29N3O9. The van der Waals surface area contributed by atoms with Crippen molar-refractivity contribution in [2.45, 2.75) is 31.5 Å². The molecular weight excluding hydrogens is 450 g/mol. The highest BCUT2D eigenvalue weighted by atomic mass is 16.5. The molecule has 2 unspecified atom stereocenters. The molecule has 0 radical (unpaired) electrons. The lowest BCUT2D eigenvalue weighted by molar-refractivity contribution is -0.140. The molecule has 0 bridgehead atoms. The first kappa shape index (κ1) is 25.6. The number of nitrogens with one attached hydrogen (secondary N) is 2. The Hall–Kier alpha value is -3.06. The van der Waals surface area contributed by atoms with Gasteiger partial charge < -0.3 is 29.7 Å². The average molecular weight is 479 g/mol. The van der Waals surface area contributed by atoms with Gasteiger partial charge in [0.15, 0.2) is 6.23 Å². The number of nitrogens with zero attached hydrogens (tertiary/aromatic N) is 1. The Balaban J connectivity index is 1.40. The first-order valence-corrected chi connectivity index (χ1v) is 11.1. The van der Waals surface area contributed by atoms with Gasteiger partial charge in [0, 0.05) is 24.2 Å². The maximum absolute atomic E-state index is 13.1. The molecule has 1 saturated heterocycles. The van der Waals surface area contributed by atoms with Gasteiger partial charge in [-0.2, -0.15) is 0 Å². The number of rotatable bonds is 14. The summed E-state index contributed by atoms with van der Waals surface area (Å²) in [7, 11) is 0. The van der Waals surface area contributed by atoms with Gasteiger partial charge in [-0.3, -0.25) is 29.4 Å². The number of amides is 3. The minimum absolute atomic E-state index is 0.0414. The largest absolute Gasteiger partial charge is 0.481 e. The fourth-order valence-electron chi connectivity index (χ4n) is 3.78. The van der Waals surface area contributed by atoms with Crippen LogP contribution < -0.4 is 10.6 Å². The Kier molecular flexibility index (Phi) is 9.33. The van der Waals surface area contributed by atoms with Crippen LogP contribution in [0.4, 0.5) is 5.69 Å². The highest BCUT2D eigenvalue weighted by Crippen LogP contribution is 2.38. The van der Waals surface area contributed by atoms with Gasteiger partial charge in [-0.05, 0) is 12.5 Å². The number of piperidine rings is 1. The Bertz CT molecular complexity index is 908. The molecule has 1 fully saturated rings. The smallest absolute Gasteiger partial charge is 0.305 e. The molecule has 2 aliphatic heterocycles. The maximum atomic E-state index is 13.1. The summed E-state index contributed by atoms with van der Waals surface area (Å²) in [5.41, 5.74) is 1.22. The van der Waals surface area contributed by atoms with Crippen molar-refractivity contribution >= 4 is 29.4 Å². The van der Waals surface area contributed by atoms with Crippen LogP contribution in [0.25, 0.3) is 0 Å². The molecule has 2 atom stereocenters. The van der Waals surface area contributed by atoms with E-state index in [9.17, 15) is 24.3 Å². The molecule has 12 heteroatoms. The van der Waals surface area contributed by atoms with Crippen molar-refractivity contribution < 1.29 is 43.6 Å². The second-order valence-electron chi connectivity index (χ2n) is 7.73. The van der Waals surface area contributed by atoms with Gasteiger partial charge in [0.25, 0.3) is 5.91 Å². The third-order valence-electron chi connectivity index (χ3n) is 5.40. The number of imide groups is 1. The van der Waals surface area contributed by atoms with Crippen LogP contribution in [-0.4, -0.2) is 91.0 Å². The molecule has 3 rings (SSSR count). The van der Waals surface area contributed by atoms with Gasteiger partial charge in [-0.25, -0.2) is 0 Å². The molecule has 12 nitrogen and oxygen atoms in total. The van der Waals surface area contributed by atoms with Crippen LogP contribution in [0.3, 0.4) is 0 Å². The van der Waals surface area contributed by atoms with Gasteiger partial charge in [-0.1, -0.05) is 12.1 Å². The summed E-state index contributed by atoms with van der Waals surface area (Å²) in [6.45, 7) is 2.25. The number of ether oxygens (including phenoxy) is 3. The van der Waals surface area contributed by atoms with Crippen LogP contribution in [0.5, 0.6) is 0 Å². The van der Waals surface area contributed by atoms with E-state index in [0.29, 0.717) is 56.4 Å². The summed E-state index contributed by atoms with van der Waals surface area (Å²) in [5, 5.41) is 24.5. The molecule has 2 aliphatic rings. The fraction of sp³-hybridized carbons (Fsp3) is 0.545. The Labute approximate surface area is 196 Å². The second-order valence-corrected chi connectivity index (χ2v) is 7.73. The molecule has 0 aliphatic carbocycles. The van der Waals surface area contributed by atoms with Crippen LogP contribution in [0.15, 0.2) is 18.2 Å². The first-order valence-electron chi connectivity index (χ1n) is 11.1. The quantitative estimate of drug-likeness (QED) is 0.209. The van der Waals surface area contributed by atoms with Crippen LogP contribution in [-0.2, 0) is 28.6 Å². The first-order chi connectivity index (χ1) is 16.4. The standard InChI is InChI=1S/C22H29N3O9/c26-17-5-4-16(20(29)24-17)25-21(30)14-2-1-3-15(19(14)22(25)31)23-7-9-33-11-13-34-12-10-32-8-6-18(27)28/h1-3,16,21,23,30H,4-13H2,(H,27,28)(H,24,26,29). The number of aliphatic carboxylic acids is 1. The van der Waals surface area contributed by atoms with Crippen molar-refractivity contribution in [3.63, 3.8) is 0 Å². The van der Waals surface area contributed by atoms with Crippen LogP contribution in [0, 0.1) is 0 Å². The number of carbonyl (C=O) groups is 4. The second kappa shape index (κ2) is 12.4. The lowest BCUT2D eigenvalue weighted by Gasteiger charge is -2.31. The normalized spacial score (nSPS) is 19.8. The van der Waals surface area contributed by atoms with Crippen LogP contribution in [0.1, 0.15) is 41.4 Å². The molecule has 4 N–H and O–H groups in total. The number of hydrogen-bond acceptors (Lipinski definition) is 9. The lowest BCUT2D eigenvalue weighted by Crippen LogP contribution is -2.53. The zero-order valence-electron chi connectivity index (χ0n) is 18.7. The van der Waals surface area contributed by atoms with Crippen molar-refractivity contribution in [3.8, 4) is 0 Å². The number of aliphatic hydroxyl groups excluding tert-OH is 1. The molecule has 2 heterocycles. The Morgan fingerprint density at radius 1 is 1.06 bits per heavy atom. The predicted molar refractivity (Wildman–Crippen MR) is 117 cm³/mol. The van der Waals surface area contributed by atoms with Crippen LogP contribution >= 0.6 is 0 Å². The fourth-order valence-corrected chi connectivity index (χ4v) is 3.78. The third kappa shape index (κ3) is 6.50. The van der Waals surface area contributed by atoms with E-state index < -0.39 is 36.0 Å². The molecule has 0 saturated carbocycles. The number of fused-ring (bicyclic) bond motifs is 1. The SMILES string of the molecule is O=C(O)CCOCCOCCOCCNc1cccc2c1C(=O)N(C1CCC(=O)NC1=O)C2O. The number of carboxylic acid groups (broad SMARTS) is 1. The highest BCUT2D eigenvalue weighted by Gasteiger charge is 2.45. The average Bonchev–Trinajstić information content (AvgIpc) is 3.05. The summed E-state index contributed by atoms with van der Waals surface area (Å²) in [6, 6.07) is 4.14. The number of anilines is 1. The summed E-state index contributed by atoms with van der Waals surface area (Å²) < 4.78 is 15.9. The van der Waals surface area contributed by atoms with Gasteiger partial charge in [0.2, 0.25) is 11.8 Å². The topological polar surface area (TPSA) is 164 Å². The van der Waals surface area contributed by atoms with Crippen molar-refractivity contribution in [1.82, 2.24) is 10.2 Å². The number of hydrogen-bond donors (Lipinski definition) is 4. The Morgan fingerprint density at radius 3 is 2.41 bits per heavy atom. The monoisotopic (exact) mass is 479 g/mol. The number of benzene rings is 1. The zero-order valence-corrected chi connectivity index (χ0v) is 18.7. The van der Waals surface area contributed by atoms with Gasteiger partial charge >= 0.3 is 5.97 Å². The van der Waals surface area contributed by atoms with E-state index in [0.717, 1.165) is 4.90 Å². The number of carbonyl (C=O) groups excluding carboxylic acids is 3. The predicted octanol–water partition coefficient (Wildman–Crippen LogP) is -0.125. The highest BCUT2D eigenvalue weighted by molar-refractivity contribution is 6.08. The summed E-state index contributed by atoms with van der Waals surface area (Å²) in [5.74, 6) is -2.36. The molecule has 0 spiro atoms. The van der Waals surface area contributed by atoms with Gasteiger partial charge in [-0.15, -0.1) is 0 Å². The molecule has 34 heavy (non-hydrogen) atoms. The summed E-state index contributed by atoms with van der Waals surface area (Å²) >= 11 is 0. The van der Waals surface area contributed by atoms with Crippen molar-refractivity contribution in [1.29, 1.82) is 0 Å². The Morgan fingerprint density at radius 2 is 1.74 bits per heavy atom. The van der Waals surface area contributed by atoms with Gasteiger partial charge in [0.1, 0.15) is 6.04 Å². The lowest BCUT2D eigenvalue weighted by atomic mass is 10.0. The van der Waals surface area contributed by atoms with E-state index >= 15 is 0 Å². The minimum Gasteiger partial charge on any atom is -0.481 e. The van der Waals surface area contributed by atoms with Crippen molar-refractivity contribution in [2.75, 3.05) is 51.5 Å². The molecule has 1 aromatic rings. The van der Waals surface area contributed by atoms with E-state index in [-0.39, 0.29) is 25.9 Å². The van der Waals surface area contributed by atoms with E-state index in [4.69, 9.17) is 19.3 Å². The van der Waals surface area contributed by atoms with E-state index in [1.165, 1.54) is 0 Å². The minimum atomic E-state index is -1.27. The summed E-state index contributed by atoms with van der Waals surface area (Å²) in [4.78, 5) is 48.2. The third-order valence-corrected chi connectivity index (χ3v) is 5.40. The zero-order chi connectivity index (χ0) is 24.5. The van der Waals surface area contributed by atoms with Crippen molar-refractivity contribution in [3.05, 3.63) is 29.3 Å². The van der Waals surface area contributed by atoms with Gasteiger partial charge in [0.05, 0.1) is 51.6 Å². The summed E-state index contributed by atoms with van der Waals surface area (Å²) in [6.07, 6.45) is -1.04. The van der Waals surface area contributed by atoms with E-state index in [1.54, 1.807) is 18.2 Å². The molecule has 1 aromatic carbocycles. The molecule has 186 valence electrons. The number of aliphatic hydroxyl groups is 1.